The molecule has 0 bridgehead atoms. The molecule has 1 fully saturated rings. The van der Waals surface area contributed by atoms with Crippen LogP contribution in [0.25, 0.3) is 0 Å². The lowest BCUT2D eigenvalue weighted by atomic mass is 10.1. The van der Waals surface area contributed by atoms with Crippen LogP contribution in [-0.2, 0) is 11.3 Å². The zero-order chi connectivity index (χ0) is 15.4. The number of nitrogens with zero attached hydrogens (tertiary/aromatic N) is 1. The van der Waals surface area contributed by atoms with E-state index in [2.05, 4.69) is 5.32 Å². The largest absolute Gasteiger partial charge is 0.389 e. The smallest absolute Gasteiger partial charge is 0.221 e. The van der Waals surface area contributed by atoms with Crippen LogP contribution in [-0.4, -0.2) is 59.0 Å². The van der Waals surface area contributed by atoms with Gasteiger partial charge < -0.3 is 15.5 Å². The quantitative estimate of drug-likeness (QED) is 0.719. The van der Waals surface area contributed by atoms with Gasteiger partial charge in [-0.3, -0.25) is 9.69 Å². The van der Waals surface area contributed by atoms with E-state index in [1.54, 1.807) is 4.90 Å². The molecule has 3 N–H and O–H groups in total. The Kier molecular flexibility index (Phi) is 5.27. The fourth-order valence-electron chi connectivity index (χ4n) is 2.83. The number of benzene rings is 1. The molecule has 0 unspecified atom stereocenters. The molecule has 1 amide bonds. The summed E-state index contributed by atoms with van der Waals surface area (Å²) in [5.41, 5.74) is 0.944. The van der Waals surface area contributed by atoms with Crippen LogP contribution in [0.4, 0.5) is 4.39 Å². The summed E-state index contributed by atoms with van der Waals surface area (Å²) in [5.74, 6) is -0.246. The summed E-state index contributed by atoms with van der Waals surface area (Å²) in [7, 11) is 1.51. The normalized spacial score (nSPS) is 29.5. The molecule has 1 aromatic rings. The maximum Gasteiger partial charge on any atom is 0.221 e. The Bertz CT molecular complexity index is 471. The Morgan fingerprint density at radius 1 is 1.24 bits per heavy atom. The minimum atomic E-state index is -1.19. The van der Waals surface area contributed by atoms with Crippen molar-refractivity contribution in [1.82, 2.24) is 10.2 Å². The lowest BCUT2D eigenvalue weighted by molar-refractivity contribution is -0.122. The van der Waals surface area contributed by atoms with Crippen LogP contribution in [0.2, 0.25) is 0 Å². The van der Waals surface area contributed by atoms with Gasteiger partial charge in [-0.05, 0) is 5.56 Å². The number of rotatable bonds is 5. The topological polar surface area (TPSA) is 72.8 Å². The van der Waals surface area contributed by atoms with Crippen molar-refractivity contribution in [2.45, 2.75) is 37.3 Å². The molecule has 0 aromatic heterocycles. The number of nitrogens with one attached hydrogen (secondary N) is 1. The molecular weight excluding hydrogens is 275 g/mol. The van der Waals surface area contributed by atoms with Gasteiger partial charge in [0.05, 0.1) is 18.2 Å². The van der Waals surface area contributed by atoms with Gasteiger partial charge in [-0.25, -0.2) is 4.39 Å². The van der Waals surface area contributed by atoms with Gasteiger partial charge in [0.25, 0.3) is 0 Å². The molecule has 0 aliphatic carbocycles. The summed E-state index contributed by atoms with van der Waals surface area (Å²) >= 11 is 0. The fraction of sp³-hybridized carbons (Fsp3) is 0.533. The van der Waals surface area contributed by atoms with Gasteiger partial charge in [0.15, 0.2) is 0 Å². The molecule has 0 radical (unpaired) electrons. The van der Waals surface area contributed by atoms with E-state index in [1.165, 1.54) is 7.05 Å². The lowest BCUT2D eigenvalue weighted by Gasteiger charge is -2.28. The standard InChI is InChI=1S/C15H21FN2O3/c1-17-13(19)7-11-14(20)15(21)12(8-16)18(11)9-10-5-3-2-4-6-10/h2-6,11-12,14-15,20-21H,7-9H2,1H3,(H,17,19)/t11-,12-,14-,15-/m1/s1. The minimum absolute atomic E-state index is 0.0259. The maximum absolute atomic E-state index is 13.3. The lowest BCUT2D eigenvalue weighted by Crippen LogP contribution is -2.42. The third-order valence-corrected chi connectivity index (χ3v) is 4.03. The van der Waals surface area contributed by atoms with E-state index < -0.39 is 31.0 Å². The Labute approximate surface area is 123 Å². The first-order valence-corrected chi connectivity index (χ1v) is 7.00. The molecule has 5 nitrogen and oxygen atoms in total. The van der Waals surface area contributed by atoms with Crippen molar-refractivity contribution in [3.63, 3.8) is 0 Å². The number of aliphatic hydroxyl groups is 2. The first-order valence-electron chi connectivity index (χ1n) is 7.00. The monoisotopic (exact) mass is 296 g/mol. The highest BCUT2D eigenvalue weighted by molar-refractivity contribution is 5.76. The Hall–Kier alpha value is -1.50. The molecule has 4 atom stereocenters. The first-order chi connectivity index (χ1) is 10.1. The number of carbonyl (C=O) groups is 1. The van der Waals surface area contributed by atoms with E-state index in [0.717, 1.165) is 5.56 Å². The Morgan fingerprint density at radius 3 is 2.43 bits per heavy atom. The van der Waals surface area contributed by atoms with Gasteiger partial charge in [-0.2, -0.15) is 0 Å². The molecule has 0 spiro atoms. The van der Waals surface area contributed by atoms with E-state index in [0.29, 0.717) is 6.54 Å². The maximum atomic E-state index is 13.3. The molecular formula is C15H21FN2O3. The molecule has 1 aliphatic heterocycles. The average Bonchev–Trinajstić information content (AvgIpc) is 2.72. The number of hydrogen-bond acceptors (Lipinski definition) is 4. The van der Waals surface area contributed by atoms with Crippen molar-refractivity contribution < 1.29 is 19.4 Å². The van der Waals surface area contributed by atoms with E-state index in [1.807, 2.05) is 30.3 Å². The number of carbonyl (C=O) groups excluding carboxylic acids is 1. The van der Waals surface area contributed by atoms with Crippen molar-refractivity contribution in [3.8, 4) is 0 Å². The van der Waals surface area contributed by atoms with Gasteiger partial charge in [-0.15, -0.1) is 0 Å². The molecule has 1 heterocycles. The van der Waals surface area contributed by atoms with Gasteiger partial charge in [0, 0.05) is 26.1 Å². The second kappa shape index (κ2) is 6.98. The first kappa shape index (κ1) is 15.9. The summed E-state index contributed by atoms with van der Waals surface area (Å²) in [6.45, 7) is -0.388. The van der Waals surface area contributed by atoms with E-state index in [9.17, 15) is 19.4 Å². The van der Waals surface area contributed by atoms with Crippen LogP contribution >= 0.6 is 0 Å². The number of likely N-dealkylation sites (tertiary alicyclic amines) is 1. The Morgan fingerprint density at radius 2 is 1.86 bits per heavy atom. The van der Waals surface area contributed by atoms with Crippen molar-refractivity contribution in [1.29, 1.82) is 0 Å². The van der Waals surface area contributed by atoms with Crippen LogP contribution in [0.1, 0.15) is 12.0 Å². The van der Waals surface area contributed by atoms with Crippen molar-refractivity contribution in [2.75, 3.05) is 13.7 Å². The summed E-state index contributed by atoms with van der Waals surface area (Å²) in [5, 5.41) is 22.6. The molecule has 2 rings (SSSR count). The Balaban J connectivity index is 2.20. The van der Waals surface area contributed by atoms with E-state index >= 15 is 0 Å². The van der Waals surface area contributed by atoms with Crippen molar-refractivity contribution in [3.05, 3.63) is 35.9 Å². The highest BCUT2D eigenvalue weighted by atomic mass is 19.1. The van der Waals surface area contributed by atoms with Gasteiger partial charge in [0.2, 0.25) is 5.91 Å². The number of hydrogen-bond donors (Lipinski definition) is 3. The second-order valence-electron chi connectivity index (χ2n) is 5.31. The van der Waals surface area contributed by atoms with Gasteiger partial charge >= 0.3 is 0 Å². The number of halogens is 1. The van der Waals surface area contributed by atoms with Crippen LogP contribution in [0, 0.1) is 0 Å². The van der Waals surface area contributed by atoms with Crippen molar-refractivity contribution >= 4 is 5.91 Å². The predicted molar refractivity (Wildman–Crippen MR) is 76.2 cm³/mol. The summed E-state index contributed by atoms with van der Waals surface area (Å²) in [6, 6.07) is 8.02. The van der Waals surface area contributed by atoms with Crippen LogP contribution in [0.15, 0.2) is 30.3 Å². The minimum Gasteiger partial charge on any atom is -0.389 e. The van der Waals surface area contributed by atoms with Crippen LogP contribution in [0.5, 0.6) is 0 Å². The fourth-order valence-corrected chi connectivity index (χ4v) is 2.83. The zero-order valence-electron chi connectivity index (χ0n) is 11.9. The third-order valence-electron chi connectivity index (χ3n) is 4.03. The highest BCUT2D eigenvalue weighted by Crippen LogP contribution is 2.29. The molecule has 21 heavy (non-hydrogen) atoms. The van der Waals surface area contributed by atoms with Crippen LogP contribution in [0.3, 0.4) is 0 Å². The number of alkyl halides is 1. The van der Waals surface area contributed by atoms with Crippen molar-refractivity contribution in [2.24, 2.45) is 0 Å². The number of aliphatic hydroxyl groups excluding tert-OH is 2. The summed E-state index contributed by atoms with van der Waals surface area (Å²) < 4.78 is 13.3. The van der Waals surface area contributed by atoms with Gasteiger partial charge in [0.1, 0.15) is 6.67 Å². The van der Waals surface area contributed by atoms with E-state index in [-0.39, 0.29) is 12.3 Å². The number of amides is 1. The molecule has 116 valence electrons. The predicted octanol–water partition coefficient (Wildman–Crippen LogP) is 0.0668. The molecule has 1 saturated heterocycles. The zero-order valence-corrected chi connectivity index (χ0v) is 11.9. The molecule has 6 heteroatoms. The van der Waals surface area contributed by atoms with Crippen LogP contribution < -0.4 is 5.32 Å². The summed E-state index contributed by atoms with van der Waals surface area (Å²) in [4.78, 5) is 13.3. The molecule has 1 aliphatic rings. The molecule has 0 saturated carbocycles. The highest BCUT2D eigenvalue weighted by Gasteiger charge is 2.47. The SMILES string of the molecule is CNC(=O)C[C@@H]1[C@@H](O)[C@H](O)[C@@H](CF)N1Cc1ccccc1. The third kappa shape index (κ3) is 3.40. The second-order valence-corrected chi connectivity index (χ2v) is 5.31. The molecule has 1 aromatic carbocycles. The average molecular weight is 296 g/mol. The van der Waals surface area contributed by atoms with Gasteiger partial charge in [-0.1, -0.05) is 30.3 Å². The summed E-state index contributed by atoms with van der Waals surface area (Å²) in [6.07, 6.45) is -2.29. The van der Waals surface area contributed by atoms with E-state index in [4.69, 9.17) is 0 Å².